The first-order valence-corrected chi connectivity index (χ1v) is 6.62. The van der Waals surface area contributed by atoms with Crippen LogP contribution in [0.25, 0.3) is 0 Å². The largest absolute Gasteiger partial charge is 0.481 e. The summed E-state index contributed by atoms with van der Waals surface area (Å²) >= 11 is 6.32. The molecular weight excluding hydrogens is 236 g/mol. The molecule has 1 saturated carbocycles. The Morgan fingerprint density at radius 3 is 3.00 bits per heavy atom. The Kier molecular flexibility index (Phi) is 4.49. The van der Waals surface area contributed by atoms with Gasteiger partial charge in [-0.2, -0.15) is 4.98 Å². The molecule has 1 aliphatic rings. The summed E-state index contributed by atoms with van der Waals surface area (Å²) in [5.41, 5.74) is 0. The second-order valence-electron chi connectivity index (χ2n) is 4.51. The van der Waals surface area contributed by atoms with Gasteiger partial charge in [-0.3, -0.25) is 0 Å². The molecule has 4 heteroatoms. The zero-order valence-electron chi connectivity index (χ0n) is 10.2. The smallest absolute Gasteiger partial charge is 0.214 e. The summed E-state index contributed by atoms with van der Waals surface area (Å²) in [6, 6.07) is 5.73. The molecule has 2 unspecified atom stereocenters. The molecule has 1 aromatic rings. The van der Waals surface area contributed by atoms with Crippen LogP contribution in [0.1, 0.15) is 25.7 Å². The fourth-order valence-electron chi connectivity index (χ4n) is 2.25. The van der Waals surface area contributed by atoms with Gasteiger partial charge in [-0.05, 0) is 24.8 Å². The predicted octanol–water partition coefficient (Wildman–Crippen LogP) is 3.30. The predicted molar refractivity (Wildman–Crippen MR) is 70.9 cm³/mol. The van der Waals surface area contributed by atoms with Gasteiger partial charge in [0.2, 0.25) is 5.88 Å². The van der Waals surface area contributed by atoms with Gasteiger partial charge in [-0.25, -0.2) is 0 Å². The van der Waals surface area contributed by atoms with Gasteiger partial charge in [0.25, 0.3) is 0 Å². The first-order valence-electron chi connectivity index (χ1n) is 6.18. The van der Waals surface area contributed by atoms with Gasteiger partial charge in [0, 0.05) is 18.0 Å². The van der Waals surface area contributed by atoms with Crippen molar-refractivity contribution in [2.24, 2.45) is 5.92 Å². The lowest BCUT2D eigenvalue weighted by Gasteiger charge is -2.27. The number of alkyl halides is 1. The second kappa shape index (κ2) is 6.10. The Bertz CT molecular complexity index is 359. The van der Waals surface area contributed by atoms with Crippen molar-refractivity contribution in [3.63, 3.8) is 0 Å². The van der Waals surface area contributed by atoms with Crippen molar-refractivity contribution in [3.8, 4) is 5.88 Å². The van der Waals surface area contributed by atoms with Crippen molar-refractivity contribution in [1.82, 2.24) is 4.98 Å². The first kappa shape index (κ1) is 12.5. The highest BCUT2D eigenvalue weighted by Gasteiger charge is 2.22. The van der Waals surface area contributed by atoms with Crippen molar-refractivity contribution in [1.29, 1.82) is 0 Å². The molecule has 0 spiro atoms. The molecule has 1 aromatic heterocycles. The molecule has 17 heavy (non-hydrogen) atoms. The van der Waals surface area contributed by atoms with Crippen LogP contribution < -0.4 is 10.1 Å². The van der Waals surface area contributed by atoms with E-state index in [9.17, 15) is 0 Å². The summed E-state index contributed by atoms with van der Waals surface area (Å²) in [5.74, 6) is 2.05. The fraction of sp³-hybridized carbons (Fsp3) is 0.615. The van der Waals surface area contributed by atoms with E-state index in [1.54, 1.807) is 7.11 Å². The molecule has 0 radical (unpaired) electrons. The molecule has 0 amide bonds. The lowest BCUT2D eigenvalue weighted by atomic mass is 9.89. The lowest BCUT2D eigenvalue weighted by Crippen LogP contribution is -2.26. The van der Waals surface area contributed by atoms with Crippen LogP contribution in [0.15, 0.2) is 18.2 Å². The summed E-state index contributed by atoms with van der Waals surface area (Å²) < 4.78 is 5.09. The van der Waals surface area contributed by atoms with Gasteiger partial charge >= 0.3 is 0 Å². The van der Waals surface area contributed by atoms with Gasteiger partial charge in [-0.15, -0.1) is 11.6 Å². The van der Waals surface area contributed by atoms with E-state index in [1.165, 1.54) is 19.3 Å². The van der Waals surface area contributed by atoms with Crippen LogP contribution in [0.2, 0.25) is 0 Å². The van der Waals surface area contributed by atoms with Crippen LogP contribution in [0.5, 0.6) is 5.88 Å². The van der Waals surface area contributed by atoms with Crippen molar-refractivity contribution in [2.45, 2.75) is 31.1 Å². The number of hydrogen-bond acceptors (Lipinski definition) is 3. The molecule has 0 saturated heterocycles. The molecule has 1 N–H and O–H groups in total. The summed E-state index contributed by atoms with van der Waals surface area (Å²) in [4.78, 5) is 4.32. The van der Waals surface area contributed by atoms with Gasteiger partial charge in [0.15, 0.2) is 0 Å². The Labute approximate surface area is 108 Å². The summed E-state index contributed by atoms with van der Waals surface area (Å²) in [6.07, 6.45) is 4.91. The average Bonchev–Trinajstić information content (AvgIpc) is 2.38. The quantitative estimate of drug-likeness (QED) is 0.838. The number of rotatable bonds is 4. The van der Waals surface area contributed by atoms with E-state index in [1.807, 2.05) is 18.2 Å². The Hall–Kier alpha value is -0.960. The zero-order valence-corrected chi connectivity index (χ0v) is 10.9. The summed E-state index contributed by atoms with van der Waals surface area (Å²) in [5, 5.41) is 3.65. The van der Waals surface area contributed by atoms with Crippen LogP contribution in [-0.4, -0.2) is 24.0 Å². The monoisotopic (exact) mass is 254 g/mol. The number of anilines is 1. The number of nitrogens with one attached hydrogen (secondary N) is 1. The third-order valence-electron chi connectivity index (χ3n) is 3.29. The maximum absolute atomic E-state index is 6.32. The minimum absolute atomic E-state index is 0.307. The zero-order chi connectivity index (χ0) is 12.1. The number of aromatic nitrogens is 1. The Morgan fingerprint density at radius 2 is 2.24 bits per heavy atom. The molecule has 1 fully saturated rings. The number of halogens is 1. The van der Waals surface area contributed by atoms with E-state index in [0.717, 1.165) is 18.8 Å². The number of methoxy groups -OCH3 is 1. The molecule has 2 rings (SSSR count). The van der Waals surface area contributed by atoms with Gasteiger partial charge in [0.05, 0.1) is 7.11 Å². The normalized spacial score (nSPS) is 24.4. The molecule has 0 bridgehead atoms. The highest BCUT2D eigenvalue weighted by molar-refractivity contribution is 6.20. The molecule has 2 atom stereocenters. The van der Waals surface area contributed by atoms with Crippen LogP contribution in [0, 0.1) is 5.92 Å². The van der Waals surface area contributed by atoms with Crippen LogP contribution in [0.3, 0.4) is 0 Å². The van der Waals surface area contributed by atoms with E-state index < -0.39 is 0 Å². The van der Waals surface area contributed by atoms with Crippen molar-refractivity contribution in [3.05, 3.63) is 18.2 Å². The summed E-state index contributed by atoms with van der Waals surface area (Å²) in [6.45, 7) is 0.897. The number of pyridine rings is 1. The van der Waals surface area contributed by atoms with Crippen LogP contribution in [0.4, 0.5) is 5.82 Å². The van der Waals surface area contributed by atoms with E-state index in [4.69, 9.17) is 16.3 Å². The third kappa shape index (κ3) is 3.50. The Morgan fingerprint density at radius 1 is 1.41 bits per heavy atom. The lowest BCUT2D eigenvalue weighted by molar-refractivity contribution is 0.379. The molecule has 1 aliphatic carbocycles. The standard InChI is InChI=1S/C13H19ClN2O/c1-17-13-8-4-7-12(16-13)15-9-10-5-2-3-6-11(10)14/h4,7-8,10-11H,2-3,5-6,9H2,1H3,(H,15,16). The topological polar surface area (TPSA) is 34.1 Å². The van der Waals surface area contributed by atoms with Crippen LogP contribution >= 0.6 is 11.6 Å². The van der Waals surface area contributed by atoms with Gasteiger partial charge < -0.3 is 10.1 Å². The number of hydrogen-bond donors (Lipinski definition) is 1. The minimum atomic E-state index is 0.307. The molecule has 94 valence electrons. The molecule has 0 aromatic carbocycles. The highest BCUT2D eigenvalue weighted by Crippen LogP contribution is 2.28. The first-order chi connectivity index (χ1) is 8.29. The molecule has 0 aliphatic heterocycles. The fourth-order valence-corrected chi connectivity index (χ4v) is 2.62. The number of nitrogens with zero attached hydrogens (tertiary/aromatic N) is 1. The maximum Gasteiger partial charge on any atom is 0.214 e. The van der Waals surface area contributed by atoms with E-state index in [0.29, 0.717) is 17.2 Å². The molecular formula is C13H19ClN2O. The average molecular weight is 255 g/mol. The van der Waals surface area contributed by atoms with Gasteiger partial charge in [-0.1, -0.05) is 18.9 Å². The van der Waals surface area contributed by atoms with E-state index in [2.05, 4.69) is 10.3 Å². The maximum atomic E-state index is 6.32. The Balaban J connectivity index is 1.88. The second-order valence-corrected chi connectivity index (χ2v) is 5.07. The molecule has 3 nitrogen and oxygen atoms in total. The van der Waals surface area contributed by atoms with Crippen LogP contribution in [-0.2, 0) is 0 Å². The minimum Gasteiger partial charge on any atom is -0.481 e. The SMILES string of the molecule is COc1cccc(NCC2CCCCC2Cl)n1. The van der Waals surface area contributed by atoms with Crippen molar-refractivity contribution in [2.75, 3.05) is 19.0 Å². The molecule has 1 heterocycles. The van der Waals surface area contributed by atoms with Crippen molar-refractivity contribution >= 4 is 17.4 Å². The van der Waals surface area contributed by atoms with Crippen molar-refractivity contribution < 1.29 is 4.74 Å². The number of ether oxygens (including phenoxy) is 1. The third-order valence-corrected chi connectivity index (χ3v) is 3.87. The van der Waals surface area contributed by atoms with E-state index >= 15 is 0 Å². The highest BCUT2D eigenvalue weighted by atomic mass is 35.5. The summed E-state index contributed by atoms with van der Waals surface area (Å²) in [7, 11) is 1.63. The van der Waals surface area contributed by atoms with Gasteiger partial charge in [0.1, 0.15) is 5.82 Å². The van der Waals surface area contributed by atoms with E-state index in [-0.39, 0.29) is 0 Å².